The summed E-state index contributed by atoms with van der Waals surface area (Å²) in [4.78, 5) is 0. The standard InChI is InChI=1S/C8H15N3OS2/c1-9-8-11-10-7(14-8)6-13-5-3-4-12-2/h3-6H2,1-2H3,(H,9,11). The zero-order valence-corrected chi connectivity index (χ0v) is 10.1. The second kappa shape index (κ2) is 7.03. The molecule has 1 rings (SSSR count). The van der Waals surface area contributed by atoms with Crippen molar-refractivity contribution in [2.75, 3.05) is 31.8 Å². The van der Waals surface area contributed by atoms with Crippen LogP contribution >= 0.6 is 23.1 Å². The fourth-order valence-corrected chi connectivity index (χ4v) is 2.55. The van der Waals surface area contributed by atoms with Crippen LogP contribution in [0.3, 0.4) is 0 Å². The second-order valence-electron chi connectivity index (χ2n) is 2.65. The number of methoxy groups -OCH3 is 1. The van der Waals surface area contributed by atoms with Crippen molar-refractivity contribution in [2.24, 2.45) is 0 Å². The molecule has 14 heavy (non-hydrogen) atoms. The lowest BCUT2D eigenvalue weighted by Crippen LogP contribution is -1.90. The van der Waals surface area contributed by atoms with Crippen LogP contribution in [0.2, 0.25) is 0 Å². The van der Waals surface area contributed by atoms with Crippen LogP contribution in [0, 0.1) is 0 Å². The maximum absolute atomic E-state index is 4.97. The highest BCUT2D eigenvalue weighted by Crippen LogP contribution is 2.19. The van der Waals surface area contributed by atoms with E-state index in [0.717, 1.165) is 34.7 Å². The first-order chi connectivity index (χ1) is 6.86. The number of hydrogen-bond donors (Lipinski definition) is 1. The minimum Gasteiger partial charge on any atom is -0.385 e. The third kappa shape index (κ3) is 4.26. The molecule has 1 aromatic rings. The van der Waals surface area contributed by atoms with Gasteiger partial charge in [0.1, 0.15) is 5.01 Å². The average molecular weight is 233 g/mol. The van der Waals surface area contributed by atoms with Crippen LogP contribution in [-0.4, -0.2) is 36.7 Å². The average Bonchev–Trinajstić information content (AvgIpc) is 2.65. The van der Waals surface area contributed by atoms with E-state index < -0.39 is 0 Å². The van der Waals surface area contributed by atoms with Gasteiger partial charge in [-0.05, 0) is 12.2 Å². The summed E-state index contributed by atoms with van der Waals surface area (Å²) in [6, 6.07) is 0. The molecular formula is C8H15N3OS2. The fraction of sp³-hybridized carbons (Fsp3) is 0.750. The van der Waals surface area contributed by atoms with E-state index in [2.05, 4.69) is 15.5 Å². The van der Waals surface area contributed by atoms with Crippen LogP contribution in [0.4, 0.5) is 5.13 Å². The van der Waals surface area contributed by atoms with Crippen LogP contribution in [0.15, 0.2) is 0 Å². The molecule has 0 bridgehead atoms. The zero-order valence-electron chi connectivity index (χ0n) is 8.45. The molecule has 0 fully saturated rings. The first-order valence-electron chi connectivity index (χ1n) is 4.43. The highest BCUT2D eigenvalue weighted by atomic mass is 32.2. The lowest BCUT2D eigenvalue weighted by molar-refractivity contribution is 0.200. The lowest BCUT2D eigenvalue weighted by Gasteiger charge is -1.97. The van der Waals surface area contributed by atoms with Gasteiger partial charge in [0.2, 0.25) is 5.13 Å². The number of aromatic nitrogens is 2. The summed E-state index contributed by atoms with van der Waals surface area (Å²) in [6.07, 6.45) is 1.10. The van der Waals surface area contributed by atoms with Gasteiger partial charge < -0.3 is 10.1 Å². The summed E-state index contributed by atoms with van der Waals surface area (Å²) in [5.41, 5.74) is 0. The van der Waals surface area contributed by atoms with E-state index >= 15 is 0 Å². The minimum atomic E-state index is 0.838. The van der Waals surface area contributed by atoms with Gasteiger partial charge in [0.15, 0.2) is 0 Å². The normalized spacial score (nSPS) is 10.4. The summed E-state index contributed by atoms with van der Waals surface area (Å²) < 4.78 is 4.97. The van der Waals surface area contributed by atoms with Crippen molar-refractivity contribution in [3.63, 3.8) is 0 Å². The molecule has 0 aromatic carbocycles. The molecule has 0 aliphatic carbocycles. The Balaban J connectivity index is 2.12. The predicted octanol–water partition coefficient (Wildman–Crippen LogP) is 1.85. The Morgan fingerprint density at radius 2 is 2.36 bits per heavy atom. The number of nitrogens with one attached hydrogen (secondary N) is 1. The number of rotatable bonds is 7. The minimum absolute atomic E-state index is 0.838. The van der Waals surface area contributed by atoms with Crippen molar-refractivity contribution >= 4 is 28.2 Å². The van der Waals surface area contributed by atoms with Crippen molar-refractivity contribution < 1.29 is 4.74 Å². The van der Waals surface area contributed by atoms with Crippen LogP contribution < -0.4 is 5.32 Å². The predicted molar refractivity (Wildman–Crippen MR) is 62.1 cm³/mol. The van der Waals surface area contributed by atoms with Crippen molar-refractivity contribution in [1.29, 1.82) is 0 Å². The first kappa shape index (κ1) is 11.7. The third-order valence-corrected chi connectivity index (χ3v) is 3.72. The van der Waals surface area contributed by atoms with E-state index in [-0.39, 0.29) is 0 Å². The lowest BCUT2D eigenvalue weighted by atomic mass is 10.5. The summed E-state index contributed by atoms with van der Waals surface area (Å²) >= 11 is 3.48. The number of anilines is 1. The van der Waals surface area contributed by atoms with E-state index in [4.69, 9.17) is 4.74 Å². The van der Waals surface area contributed by atoms with Gasteiger partial charge in [-0.25, -0.2) is 0 Å². The monoisotopic (exact) mass is 233 g/mol. The van der Waals surface area contributed by atoms with E-state index in [0.29, 0.717) is 0 Å². The topological polar surface area (TPSA) is 47.0 Å². The second-order valence-corrected chi connectivity index (χ2v) is 4.82. The molecular weight excluding hydrogens is 218 g/mol. The molecule has 4 nitrogen and oxygen atoms in total. The van der Waals surface area contributed by atoms with Crippen LogP contribution in [0.25, 0.3) is 0 Å². The molecule has 0 spiro atoms. The molecule has 1 N–H and O–H groups in total. The number of hydrogen-bond acceptors (Lipinski definition) is 6. The zero-order chi connectivity index (χ0) is 10.2. The molecule has 1 heterocycles. The number of thioether (sulfide) groups is 1. The highest BCUT2D eigenvalue weighted by molar-refractivity contribution is 7.98. The van der Waals surface area contributed by atoms with E-state index in [1.807, 2.05) is 18.8 Å². The summed E-state index contributed by atoms with van der Waals surface area (Å²) in [5.74, 6) is 2.06. The maximum Gasteiger partial charge on any atom is 0.205 e. The smallest absolute Gasteiger partial charge is 0.205 e. The Kier molecular flexibility index (Phi) is 5.89. The summed E-state index contributed by atoms with van der Waals surface area (Å²) in [6.45, 7) is 0.838. The molecule has 80 valence electrons. The van der Waals surface area contributed by atoms with Crippen molar-refractivity contribution in [3.8, 4) is 0 Å². The van der Waals surface area contributed by atoms with Gasteiger partial charge in [0.05, 0.1) is 0 Å². The maximum atomic E-state index is 4.97. The van der Waals surface area contributed by atoms with Gasteiger partial charge in [0, 0.05) is 26.5 Å². The molecule has 6 heteroatoms. The van der Waals surface area contributed by atoms with Gasteiger partial charge in [0.25, 0.3) is 0 Å². The molecule has 0 aliphatic heterocycles. The molecule has 0 radical (unpaired) electrons. The molecule has 0 aliphatic rings. The van der Waals surface area contributed by atoms with Crippen LogP contribution in [0.1, 0.15) is 11.4 Å². The van der Waals surface area contributed by atoms with Crippen LogP contribution in [0.5, 0.6) is 0 Å². The van der Waals surface area contributed by atoms with Gasteiger partial charge in [-0.3, -0.25) is 0 Å². The van der Waals surface area contributed by atoms with Crippen molar-refractivity contribution in [3.05, 3.63) is 5.01 Å². The Bertz CT molecular complexity index is 254. The number of ether oxygens (including phenoxy) is 1. The van der Waals surface area contributed by atoms with Crippen molar-refractivity contribution in [1.82, 2.24) is 10.2 Å². The highest BCUT2D eigenvalue weighted by Gasteiger charge is 2.01. The quantitative estimate of drug-likeness (QED) is 0.728. The van der Waals surface area contributed by atoms with Gasteiger partial charge in [-0.2, -0.15) is 11.8 Å². The summed E-state index contributed by atoms with van der Waals surface area (Å²) in [7, 11) is 3.59. The van der Waals surface area contributed by atoms with E-state index in [1.165, 1.54) is 0 Å². The van der Waals surface area contributed by atoms with E-state index in [1.54, 1.807) is 18.4 Å². The largest absolute Gasteiger partial charge is 0.385 e. The Hall–Kier alpha value is -0.330. The molecule has 0 saturated carbocycles. The Morgan fingerprint density at radius 3 is 3.00 bits per heavy atom. The number of nitrogens with zero attached hydrogens (tertiary/aromatic N) is 2. The molecule has 0 amide bonds. The molecule has 0 atom stereocenters. The van der Waals surface area contributed by atoms with Crippen molar-refractivity contribution in [2.45, 2.75) is 12.2 Å². The van der Waals surface area contributed by atoms with Crippen LogP contribution in [-0.2, 0) is 10.5 Å². The third-order valence-electron chi connectivity index (χ3n) is 1.54. The van der Waals surface area contributed by atoms with Gasteiger partial charge >= 0.3 is 0 Å². The first-order valence-corrected chi connectivity index (χ1v) is 6.40. The Morgan fingerprint density at radius 1 is 1.50 bits per heavy atom. The molecule has 0 saturated heterocycles. The molecule has 1 aromatic heterocycles. The van der Waals surface area contributed by atoms with E-state index in [9.17, 15) is 0 Å². The Labute approximate surface area is 92.5 Å². The fourth-order valence-electron chi connectivity index (χ4n) is 0.878. The molecule has 0 unspecified atom stereocenters. The SMILES string of the molecule is CNc1nnc(CSCCCOC)s1. The van der Waals surface area contributed by atoms with Gasteiger partial charge in [-0.15, -0.1) is 10.2 Å². The summed E-state index contributed by atoms with van der Waals surface area (Å²) in [5, 5.41) is 13.0. The van der Waals surface area contributed by atoms with Gasteiger partial charge in [-0.1, -0.05) is 11.3 Å².